The molecule has 5 nitrogen and oxygen atoms in total. The van der Waals surface area contributed by atoms with Gasteiger partial charge in [-0.25, -0.2) is 0 Å². The van der Waals surface area contributed by atoms with E-state index in [-0.39, 0.29) is 6.42 Å². The summed E-state index contributed by atoms with van der Waals surface area (Å²) >= 11 is 0. The maximum atomic E-state index is 12.8. The smallest absolute Gasteiger partial charge is 0.338 e. The summed E-state index contributed by atoms with van der Waals surface area (Å²) in [5, 5.41) is 2.59. The molecule has 0 aliphatic carbocycles. The average molecular weight is 401 g/mol. The fraction of sp³-hybridized carbons (Fsp3) is 0.278. The van der Waals surface area contributed by atoms with Gasteiger partial charge in [0.2, 0.25) is 0 Å². The van der Waals surface area contributed by atoms with Crippen LogP contribution in [0.15, 0.2) is 54.6 Å². The largest absolute Gasteiger partial charge is 0.416 e. The number of nitrogens with one attached hydrogen (secondary N) is 1. The summed E-state index contributed by atoms with van der Waals surface area (Å²) in [4.78, 5) is 12.4. The molecule has 1 amide bonds. The summed E-state index contributed by atoms with van der Waals surface area (Å²) in [6, 6.07) is 12.6. The van der Waals surface area contributed by atoms with Crippen LogP contribution in [0, 0.1) is 0 Å². The Morgan fingerprint density at radius 1 is 1.04 bits per heavy atom. The third-order valence-corrected chi connectivity index (χ3v) is 6.03. The SMILES string of the molecule is COP(=O)(OC)C(Cc1ccc(C(F)(F)F)cc1)NC(=O)c1ccccc1. The highest BCUT2D eigenvalue weighted by Crippen LogP contribution is 2.51. The van der Waals surface area contributed by atoms with Crippen molar-refractivity contribution in [3.8, 4) is 0 Å². The lowest BCUT2D eigenvalue weighted by atomic mass is 10.1. The molecule has 0 heterocycles. The van der Waals surface area contributed by atoms with E-state index >= 15 is 0 Å². The lowest BCUT2D eigenvalue weighted by molar-refractivity contribution is -0.137. The fourth-order valence-corrected chi connectivity index (χ4v) is 3.82. The molecule has 0 bridgehead atoms. The highest BCUT2D eigenvalue weighted by molar-refractivity contribution is 7.54. The minimum atomic E-state index is -4.45. The van der Waals surface area contributed by atoms with Gasteiger partial charge in [0, 0.05) is 26.2 Å². The summed E-state index contributed by atoms with van der Waals surface area (Å²) in [5.74, 6) is -1.57. The Hall–Kier alpha value is -2.15. The van der Waals surface area contributed by atoms with Gasteiger partial charge in [0.15, 0.2) is 0 Å². The van der Waals surface area contributed by atoms with E-state index in [2.05, 4.69) is 5.32 Å². The number of rotatable bonds is 7. The van der Waals surface area contributed by atoms with Gasteiger partial charge in [-0.15, -0.1) is 0 Å². The molecule has 1 atom stereocenters. The second-order valence-corrected chi connectivity index (χ2v) is 8.09. The minimum Gasteiger partial charge on any atom is -0.338 e. The Morgan fingerprint density at radius 2 is 1.59 bits per heavy atom. The standard InChI is InChI=1S/C18H19F3NO4P/c1-25-27(24,26-2)16(22-17(23)14-6-4-3-5-7-14)12-13-8-10-15(11-9-13)18(19,20)21/h3-11,16H,12H2,1-2H3,(H,22,23). The molecule has 2 aromatic rings. The third kappa shape index (κ3) is 5.42. The Morgan fingerprint density at radius 3 is 2.07 bits per heavy atom. The van der Waals surface area contributed by atoms with Gasteiger partial charge in [-0.2, -0.15) is 13.2 Å². The maximum absolute atomic E-state index is 12.8. The first-order chi connectivity index (χ1) is 12.7. The lowest BCUT2D eigenvalue weighted by Gasteiger charge is -2.25. The number of hydrogen-bond donors (Lipinski definition) is 1. The first-order valence-electron chi connectivity index (χ1n) is 7.93. The zero-order chi connectivity index (χ0) is 20.1. The molecule has 0 radical (unpaired) electrons. The van der Waals surface area contributed by atoms with Crippen LogP contribution in [0.4, 0.5) is 13.2 Å². The number of amides is 1. The van der Waals surface area contributed by atoms with Crippen molar-refractivity contribution in [1.29, 1.82) is 0 Å². The van der Waals surface area contributed by atoms with Crippen molar-refractivity contribution in [2.45, 2.75) is 18.4 Å². The molecule has 146 valence electrons. The van der Waals surface area contributed by atoms with Gasteiger partial charge in [-0.3, -0.25) is 9.36 Å². The van der Waals surface area contributed by atoms with Gasteiger partial charge in [-0.1, -0.05) is 30.3 Å². The molecule has 0 aliphatic rings. The molecule has 0 aliphatic heterocycles. The molecular weight excluding hydrogens is 382 g/mol. The van der Waals surface area contributed by atoms with Gasteiger partial charge in [0.05, 0.1) is 5.56 Å². The Labute approximate surface area is 155 Å². The molecule has 2 rings (SSSR count). The van der Waals surface area contributed by atoms with Crippen molar-refractivity contribution >= 4 is 13.5 Å². The molecule has 9 heteroatoms. The zero-order valence-corrected chi connectivity index (χ0v) is 15.6. The van der Waals surface area contributed by atoms with E-state index in [1.54, 1.807) is 30.3 Å². The number of alkyl halides is 3. The average Bonchev–Trinajstić information content (AvgIpc) is 2.67. The van der Waals surface area contributed by atoms with Crippen LogP contribution in [0.3, 0.4) is 0 Å². The zero-order valence-electron chi connectivity index (χ0n) is 14.7. The minimum absolute atomic E-state index is 0.0321. The van der Waals surface area contributed by atoms with Crippen molar-refractivity contribution in [2.75, 3.05) is 14.2 Å². The van der Waals surface area contributed by atoms with E-state index in [1.165, 1.54) is 26.4 Å². The van der Waals surface area contributed by atoms with Gasteiger partial charge < -0.3 is 14.4 Å². The highest BCUT2D eigenvalue weighted by Gasteiger charge is 2.36. The van der Waals surface area contributed by atoms with Crippen molar-refractivity contribution in [3.63, 3.8) is 0 Å². The van der Waals surface area contributed by atoms with E-state index < -0.39 is 31.0 Å². The summed E-state index contributed by atoms with van der Waals surface area (Å²) < 4.78 is 60.9. The van der Waals surface area contributed by atoms with E-state index in [0.717, 1.165) is 12.1 Å². The van der Waals surface area contributed by atoms with Crippen LogP contribution in [0.5, 0.6) is 0 Å². The molecule has 0 spiro atoms. The van der Waals surface area contributed by atoms with Crippen LogP contribution in [0.2, 0.25) is 0 Å². The first kappa shape index (κ1) is 21.2. The van der Waals surface area contributed by atoms with Gasteiger partial charge >= 0.3 is 13.8 Å². The predicted molar refractivity (Wildman–Crippen MR) is 94.5 cm³/mol. The normalized spacial score (nSPS) is 13.2. The van der Waals surface area contributed by atoms with Crippen molar-refractivity contribution in [2.24, 2.45) is 0 Å². The van der Waals surface area contributed by atoms with Crippen molar-refractivity contribution in [1.82, 2.24) is 5.32 Å². The molecule has 2 aromatic carbocycles. The van der Waals surface area contributed by atoms with Crippen LogP contribution in [0.25, 0.3) is 0 Å². The van der Waals surface area contributed by atoms with Crippen LogP contribution in [-0.4, -0.2) is 25.9 Å². The number of hydrogen-bond acceptors (Lipinski definition) is 4. The topological polar surface area (TPSA) is 64.6 Å². The lowest BCUT2D eigenvalue weighted by Crippen LogP contribution is -2.37. The predicted octanol–water partition coefficient (Wildman–Crippen LogP) is 4.49. The van der Waals surface area contributed by atoms with Crippen LogP contribution in [0.1, 0.15) is 21.5 Å². The molecule has 1 N–H and O–H groups in total. The molecular formula is C18H19F3NO4P. The summed E-state index contributed by atoms with van der Waals surface area (Å²) in [5.41, 5.74) is -0.0119. The van der Waals surface area contributed by atoms with E-state index in [4.69, 9.17) is 9.05 Å². The third-order valence-electron chi connectivity index (χ3n) is 3.93. The molecule has 0 saturated heterocycles. The van der Waals surface area contributed by atoms with Crippen LogP contribution < -0.4 is 5.32 Å². The van der Waals surface area contributed by atoms with Crippen LogP contribution >= 0.6 is 7.60 Å². The summed E-state index contributed by atoms with van der Waals surface area (Å²) in [6.45, 7) is 0. The van der Waals surface area contributed by atoms with Crippen molar-refractivity contribution < 1.29 is 31.6 Å². The van der Waals surface area contributed by atoms with Crippen molar-refractivity contribution in [3.05, 3.63) is 71.3 Å². The summed E-state index contributed by atoms with van der Waals surface area (Å²) in [7, 11) is -1.37. The quantitative estimate of drug-likeness (QED) is 0.695. The second-order valence-electron chi connectivity index (χ2n) is 5.66. The molecule has 27 heavy (non-hydrogen) atoms. The second kappa shape index (κ2) is 8.69. The molecule has 1 unspecified atom stereocenters. The summed E-state index contributed by atoms with van der Waals surface area (Å²) in [6.07, 6.45) is -4.48. The Kier molecular flexibility index (Phi) is 6.81. The number of halogens is 3. The fourth-order valence-electron chi connectivity index (χ4n) is 2.45. The van der Waals surface area contributed by atoms with Gasteiger partial charge in [0.25, 0.3) is 5.91 Å². The van der Waals surface area contributed by atoms with E-state index in [1.807, 2.05) is 0 Å². The van der Waals surface area contributed by atoms with Gasteiger partial charge in [0.1, 0.15) is 5.78 Å². The number of carbonyl (C=O) groups is 1. The Balaban J connectivity index is 2.25. The number of benzene rings is 2. The molecule has 0 fully saturated rings. The van der Waals surface area contributed by atoms with Crippen LogP contribution in [-0.2, 0) is 26.2 Å². The molecule has 0 saturated carbocycles. The van der Waals surface area contributed by atoms with Gasteiger partial charge in [-0.05, 0) is 29.8 Å². The Bertz CT molecular complexity index is 802. The maximum Gasteiger partial charge on any atom is 0.416 e. The molecule has 0 aromatic heterocycles. The number of carbonyl (C=O) groups excluding carboxylic acids is 1. The first-order valence-corrected chi connectivity index (χ1v) is 9.54. The monoisotopic (exact) mass is 401 g/mol. The highest BCUT2D eigenvalue weighted by atomic mass is 31.2. The van der Waals surface area contributed by atoms with E-state index in [0.29, 0.717) is 11.1 Å². The van der Waals surface area contributed by atoms with E-state index in [9.17, 15) is 22.5 Å².